The SMILES string of the molecule is CNc1c(-c2ccc(OC)cc2)c(-c2ccc(OC)cc2)oc(=O)c1C#N. The molecule has 0 spiro atoms. The summed E-state index contributed by atoms with van der Waals surface area (Å²) in [5.41, 5.74) is 1.77. The normalized spacial score (nSPS) is 10.1. The fraction of sp³-hybridized carbons (Fsp3) is 0.143. The number of benzene rings is 2. The number of nitrogens with one attached hydrogen (secondary N) is 1. The first-order chi connectivity index (χ1) is 13.1. The molecule has 1 N–H and O–H groups in total. The molecule has 0 atom stereocenters. The van der Waals surface area contributed by atoms with Gasteiger partial charge in [0.2, 0.25) is 0 Å². The molecule has 27 heavy (non-hydrogen) atoms. The third kappa shape index (κ3) is 3.35. The summed E-state index contributed by atoms with van der Waals surface area (Å²) in [5.74, 6) is 1.76. The molecule has 3 aromatic rings. The molecule has 1 heterocycles. The molecular formula is C21H18N2O4. The lowest BCUT2D eigenvalue weighted by Gasteiger charge is -2.15. The highest BCUT2D eigenvalue weighted by atomic mass is 16.5. The van der Waals surface area contributed by atoms with Gasteiger partial charge in [0.15, 0.2) is 5.56 Å². The maximum atomic E-state index is 12.4. The fourth-order valence-corrected chi connectivity index (χ4v) is 2.87. The van der Waals surface area contributed by atoms with Crippen LogP contribution in [0.5, 0.6) is 11.5 Å². The maximum absolute atomic E-state index is 12.4. The highest BCUT2D eigenvalue weighted by Crippen LogP contribution is 2.39. The van der Waals surface area contributed by atoms with Crippen molar-refractivity contribution in [2.24, 2.45) is 0 Å². The van der Waals surface area contributed by atoms with Gasteiger partial charge in [0.1, 0.15) is 23.3 Å². The molecule has 0 fully saturated rings. The molecule has 2 aromatic carbocycles. The van der Waals surface area contributed by atoms with Gasteiger partial charge in [-0.15, -0.1) is 0 Å². The summed E-state index contributed by atoms with van der Waals surface area (Å²) >= 11 is 0. The van der Waals surface area contributed by atoms with Crippen LogP contribution in [-0.2, 0) is 0 Å². The topological polar surface area (TPSA) is 84.5 Å². The van der Waals surface area contributed by atoms with Gasteiger partial charge in [-0.05, 0) is 42.0 Å². The van der Waals surface area contributed by atoms with E-state index in [0.717, 1.165) is 5.56 Å². The Hall–Kier alpha value is -3.72. The van der Waals surface area contributed by atoms with Crippen LogP contribution < -0.4 is 20.4 Å². The lowest BCUT2D eigenvalue weighted by atomic mass is 9.96. The standard InChI is InChI=1S/C21H18N2O4/c1-23-19-17(12-22)21(24)27-20(14-6-10-16(26-3)11-7-14)18(19)13-4-8-15(25-2)9-5-13/h4-11,23H,1-3H3. The van der Waals surface area contributed by atoms with E-state index in [0.29, 0.717) is 34.1 Å². The molecular weight excluding hydrogens is 344 g/mol. The van der Waals surface area contributed by atoms with Gasteiger partial charge >= 0.3 is 5.63 Å². The van der Waals surface area contributed by atoms with Crippen LogP contribution in [0.25, 0.3) is 22.5 Å². The number of methoxy groups -OCH3 is 2. The van der Waals surface area contributed by atoms with Crippen molar-refractivity contribution in [3.05, 3.63) is 64.5 Å². The van der Waals surface area contributed by atoms with Crippen LogP contribution in [0, 0.1) is 11.3 Å². The quantitative estimate of drug-likeness (QED) is 0.741. The van der Waals surface area contributed by atoms with Crippen molar-refractivity contribution >= 4 is 5.69 Å². The molecule has 0 saturated carbocycles. The molecule has 0 aliphatic rings. The Morgan fingerprint density at radius 2 is 1.44 bits per heavy atom. The summed E-state index contributed by atoms with van der Waals surface area (Å²) in [6, 6.07) is 16.4. The van der Waals surface area contributed by atoms with Crippen LogP contribution in [0.3, 0.4) is 0 Å². The monoisotopic (exact) mass is 362 g/mol. The van der Waals surface area contributed by atoms with E-state index in [9.17, 15) is 10.1 Å². The fourth-order valence-electron chi connectivity index (χ4n) is 2.87. The predicted molar refractivity (Wildman–Crippen MR) is 103 cm³/mol. The summed E-state index contributed by atoms with van der Waals surface area (Å²) in [5, 5.41) is 12.4. The van der Waals surface area contributed by atoms with E-state index in [4.69, 9.17) is 13.9 Å². The summed E-state index contributed by atoms with van der Waals surface area (Å²) in [6.45, 7) is 0. The van der Waals surface area contributed by atoms with Crippen molar-refractivity contribution in [3.8, 4) is 40.0 Å². The molecule has 0 bridgehead atoms. The van der Waals surface area contributed by atoms with Crippen LogP contribution in [0.4, 0.5) is 5.69 Å². The molecule has 0 aliphatic heterocycles. The van der Waals surface area contributed by atoms with Crippen molar-refractivity contribution in [2.75, 3.05) is 26.6 Å². The van der Waals surface area contributed by atoms with Crippen molar-refractivity contribution in [2.45, 2.75) is 0 Å². The summed E-state index contributed by atoms with van der Waals surface area (Å²) in [6.07, 6.45) is 0. The van der Waals surface area contributed by atoms with Crippen molar-refractivity contribution in [3.63, 3.8) is 0 Å². The molecule has 0 amide bonds. The maximum Gasteiger partial charge on any atom is 0.356 e. The number of hydrogen-bond acceptors (Lipinski definition) is 6. The summed E-state index contributed by atoms with van der Waals surface area (Å²) < 4.78 is 16.0. The van der Waals surface area contributed by atoms with Crippen molar-refractivity contribution in [1.29, 1.82) is 5.26 Å². The van der Waals surface area contributed by atoms with Crippen LogP contribution in [-0.4, -0.2) is 21.3 Å². The Bertz CT molecular complexity index is 1050. The molecule has 136 valence electrons. The van der Waals surface area contributed by atoms with Gasteiger partial charge in [0.05, 0.1) is 19.9 Å². The molecule has 0 saturated heterocycles. The minimum Gasteiger partial charge on any atom is -0.497 e. The van der Waals surface area contributed by atoms with E-state index >= 15 is 0 Å². The zero-order valence-electron chi connectivity index (χ0n) is 15.2. The van der Waals surface area contributed by atoms with Crippen LogP contribution in [0.1, 0.15) is 5.56 Å². The second kappa shape index (κ2) is 7.67. The van der Waals surface area contributed by atoms with Gasteiger partial charge in [0, 0.05) is 18.2 Å². The lowest BCUT2D eigenvalue weighted by Crippen LogP contribution is -2.11. The summed E-state index contributed by atoms with van der Waals surface area (Å²) in [4.78, 5) is 12.4. The van der Waals surface area contributed by atoms with Gasteiger partial charge in [-0.2, -0.15) is 5.26 Å². The Labute approximate surface area is 156 Å². The van der Waals surface area contributed by atoms with E-state index in [1.807, 2.05) is 30.3 Å². The number of nitriles is 1. The highest BCUT2D eigenvalue weighted by Gasteiger charge is 2.21. The molecule has 1 aromatic heterocycles. The molecule has 0 radical (unpaired) electrons. The number of anilines is 1. The largest absolute Gasteiger partial charge is 0.497 e. The Morgan fingerprint density at radius 3 is 1.89 bits per heavy atom. The molecule has 3 rings (SSSR count). The second-order valence-corrected chi connectivity index (χ2v) is 5.66. The third-order valence-electron chi connectivity index (χ3n) is 4.22. The van der Waals surface area contributed by atoms with E-state index in [2.05, 4.69) is 5.32 Å². The first-order valence-corrected chi connectivity index (χ1v) is 8.20. The van der Waals surface area contributed by atoms with E-state index in [1.54, 1.807) is 45.5 Å². The summed E-state index contributed by atoms with van der Waals surface area (Å²) in [7, 11) is 4.84. The first kappa shape index (κ1) is 18.1. The van der Waals surface area contributed by atoms with Gasteiger partial charge in [-0.3, -0.25) is 0 Å². The average molecular weight is 362 g/mol. The molecule has 6 heteroatoms. The average Bonchev–Trinajstić information content (AvgIpc) is 2.73. The van der Waals surface area contributed by atoms with E-state index in [-0.39, 0.29) is 5.56 Å². The van der Waals surface area contributed by atoms with Crippen molar-refractivity contribution < 1.29 is 13.9 Å². The Balaban J connectivity index is 2.32. The lowest BCUT2D eigenvalue weighted by molar-refractivity contribution is 0.414. The van der Waals surface area contributed by atoms with Gasteiger partial charge in [-0.25, -0.2) is 4.79 Å². The number of hydrogen-bond donors (Lipinski definition) is 1. The van der Waals surface area contributed by atoms with Crippen LogP contribution in [0.2, 0.25) is 0 Å². The molecule has 6 nitrogen and oxygen atoms in total. The minimum absolute atomic E-state index is 0.0689. The van der Waals surface area contributed by atoms with Gasteiger partial charge in [0.25, 0.3) is 0 Å². The van der Waals surface area contributed by atoms with Gasteiger partial charge in [-0.1, -0.05) is 12.1 Å². The van der Waals surface area contributed by atoms with Crippen LogP contribution in [0.15, 0.2) is 57.7 Å². The predicted octanol–water partition coefficient (Wildman–Crippen LogP) is 3.90. The van der Waals surface area contributed by atoms with E-state index < -0.39 is 5.63 Å². The number of nitrogens with zero attached hydrogens (tertiary/aromatic N) is 1. The third-order valence-corrected chi connectivity index (χ3v) is 4.22. The second-order valence-electron chi connectivity index (χ2n) is 5.66. The number of rotatable bonds is 5. The first-order valence-electron chi connectivity index (χ1n) is 8.20. The molecule has 0 aliphatic carbocycles. The van der Waals surface area contributed by atoms with Crippen molar-refractivity contribution in [1.82, 2.24) is 0 Å². The van der Waals surface area contributed by atoms with E-state index in [1.165, 1.54) is 0 Å². The Kier molecular flexibility index (Phi) is 5.13. The van der Waals surface area contributed by atoms with Crippen LogP contribution >= 0.6 is 0 Å². The smallest absolute Gasteiger partial charge is 0.356 e. The van der Waals surface area contributed by atoms with Gasteiger partial charge < -0.3 is 19.2 Å². The number of ether oxygens (including phenoxy) is 2. The zero-order chi connectivity index (χ0) is 19.4. The zero-order valence-corrected chi connectivity index (χ0v) is 15.2. The minimum atomic E-state index is -0.690. The Morgan fingerprint density at radius 1 is 0.926 bits per heavy atom. The molecule has 0 unspecified atom stereocenters. The highest BCUT2D eigenvalue weighted by molar-refractivity contribution is 5.91.